The molecule has 2 atom stereocenters. The molecule has 1 N–H and O–H groups in total. The van der Waals surface area contributed by atoms with Gasteiger partial charge in [-0.15, -0.1) is 0 Å². The van der Waals surface area contributed by atoms with Gasteiger partial charge in [-0.3, -0.25) is 4.79 Å². The second-order valence-corrected chi connectivity index (χ2v) is 6.07. The van der Waals surface area contributed by atoms with Gasteiger partial charge in [0.25, 0.3) is 0 Å². The monoisotopic (exact) mass is 313 g/mol. The number of hydrogen-bond donors (Lipinski definition) is 1. The molecule has 21 heavy (non-hydrogen) atoms. The van der Waals surface area contributed by atoms with E-state index < -0.39 is 5.82 Å². The molecule has 1 aromatic heterocycles. The summed E-state index contributed by atoms with van der Waals surface area (Å²) in [5.74, 6) is -0.378. The molecule has 4 rings (SSSR count). The van der Waals surface area contributed by atoms with Crippen LogP contribution in [0.1, 0.15) is 25.7 Å². The lowest BCUT2D eigenvalue weighted by Crippen LogP contribution is -2.52. The normalized spacial score (nSPS) is 31.0. The van der Waals surface area contributed by atoms with Crippen molar-refractivity contribution in [2.24, 2.45) is 17.8 Å². The van der Waals surface area contributed by atoms with Crippen LogP contribution in [-0.4, -0.2) is 29.1 Å². The Morgan fingerprint density at radius 2 is 2.05 bits per heavy atom. The second-order valence-electron chi connectivity index (χ2n) is 5.73. The first kappa shape index (κ1) is 14.5. The average molecular weight is 314 g/mol. The number of aromatic nitrogens is 2. The molecular weight excluding hydrogens is 297 g/mol. The SMILES string of the molecule is COC(=O)[C@H]1C2CCC(CC2)C1Nc1nc(Cl)ncc1F. The highest BCUT2D eigenvalue weighted by molar-refractivity contribution is 6.28. The lowest BCUT2D eigenvalue weighted by molar-refractivity contribution is -0.152. The number of fused-ring (bicyclic) bond motifs is 3. The molecule has 1 heterocycles. The second kappa shape index (κ2) is 5.75. The van der Waals surface area contributed by atoms with Crippen LogP contribution in [0, 0.1) is 23.6 Å². The van der Waals surface area contributed by atoms with Gasteiger partial charge in [0.15, 0.2) is 11.6 Å². The van der Waals surface area contributed by atoms with Crippen LogP contribution in [-0.2, 0) is 9.53 Å². The van der Waals surface area contributed by atoms with Gasteiger partial charge in [0, 0.05) is 6.04 Å². The molecule has 0 aliphatic heterocycles. The van der Waals surface area contributed by atoms with Crippen molar-refractivity contribution >= 4 is 23.4 Å². The Bertz CT molecular complexity index is 549. The van der Waals surface area contributed by atoms with Crippen molar-refractivity contribution in [3.63, 3.8) is 0 Å². The van der Waals surface area contributed by atoms with Crippen molar-refractivity contribution in [2.75, 3.05) is 12.4 Å². The summed E-state index contributed by atoms with van der Waals surface area (Å²) in [5, 5.41) is 3.06. The number of ether oxygens (including phenoxy) is 1. The van der Waals surface area contributed by atoms with Crippen molar-refractivity contribution in [3.8, 4) is 0 Å². The van der Waals surface area contributed by atoms with E-state index in [-0.39, 0.29) is 29.0 Å². The number of anilines is 1. The number of rotatable bonds is 3. The van der Waals surface area contributed by atoms with Crippen molar-refractivity contribution in [1.82, 2.24) is 9.97 Å². The molecule has 1 aromatic rings. The highest BCUT2D eigenvalue weighted by Crippen LogP contribution is 2.46. The molecule has 0 aromatic carbocycles. The topological polar surface area (TPSA) is 64.1 Å². The first-order chi connectivity index (χ1) is 10.1. The minimum absolute atomic E-state index is 0.0190. The highest BCUT2D eigenvalue weighted by Gasteiger charge is 2.48. The van der Waals surface area contributed by atoms with Gasteiger partial charge in [0.1, 0.15) is 0 Å². The summed E-state index contributed by atoms with van der Waals surface area (Å²) in [6.45, 7) is 0. The van der Waals surface area contributed by atoms with Crippen molar-refractivity contribution in [2.45, 2.75) is 31.7 Å². The Balaban J connectivity index is 1.87. The summed E-state index contributed by atoms with van der Waals surface area (Å²) >= 11 is 5.72. The number of carbonyl (C=O) groups excluding carboxylic acids is 1. The van der Waals surface area contributed by atoms with E-state index in [0.717, 1.165) is 31.9 Å². The molecule has 5 nitrogen and oxygen atoms in total. The van der Waals surface area contributed by atoms with E-state index >= 15 is 0 Å². The Morgan fingerprint density at radius 3 is 2.71 bits per heavy atom. The third-order valence-electron chi connectivity index (χ3n) is 4.71. The van der Waals surface area contributed by atoms with Crippen LogP contribution in [0.5, 0.6) is 0 Å². The van der Waals surface area contributed by atoms with Crippen LogP contribution >= 0.6 is 11.6 Å². The van der Waals surface area contributed by atoms with Crippen LogP contribution in [0.15, 0.2) is 6.20 Å². The molecule has 0 saturated heterocycles. The first-order valence-corrected chi connectivity index (χ1v) is 7.50. The van der Waals surface area contributed by atoms with Gasteiger partial charge in [-0.05, 0) is 49.1 Å². The molecule has 0 amide bonds. The van der Waals surface area contributed by atoms with Crippen molar-refractivity contribution < 1.29 is 13.9 Å². The van der Waals surface area contributed by atoms with E-state index in [1.807, 2.05) is 0 Å². The fourth-order valence-corrected chi connectivity index (χ4v) is 3.87. The zero-order valence-corrected chi connectivity index (χ0v) is 12.4. The number of methoxy groups -OCH3 is 1. The molecule has 3 aliphatic carbocycles. The van der Waals surface area contributed by atoms with Crippen LogP contribution in [0.25, 0.3) is 0 Å². The molecular formula is C14H17ClFN3O2. The number of esters is 1. The Hall–Kier alpha value is -1.43. The lowest BCUT2D eigenvalue weighted by Gasteiger charge is -2.47. The van der Waals surface area contributed by atoms with E-state index in [2.05, 4.69) is 15.3 Å². The summed E-state index contributed by atoms with van der Waals surface area (Å²) < 4.78 is 18.7. The first-order valence-electron chi connectivity index (χ1n) is 7.12. The minimum Gasteiger partial charge on any atom is -0.469 e. The number of nitrogens with one attached hydrogen (secondary N) is 1. The molecule has 3 fully saturated rings. The number of hydrogen-bond acceptors (Lipinski definition) is 5. The van der Waals surface area contributed by atoms with Crippen LogP contribution in [0.4, 0.5) is 10.2 Å². The molecule has 3 aliphatic rings. The van der Waals surface area contributed by atoms with Gasteiger partial charge < -0.3 is 10.1 Å². The highest BCUT2D eigenvalue weighted by atomic mass is 35.5. The molecule has 3 saturated carbocycles. The third-order valence-corrected chi connectivity index (χ3v) is 4.89. The van der Waals surface area contributed by atoms with Gasteiger partial charge in [-0.2, -0.15) is 4.98 Å². The van der Waals surface area contributed by atoms with Crippen LogP contribution in [0.3, 0.4) is 0 Å². The van der Waals surface area contributed by atoms with E-state index in [1.165, 1.54) is 7.11 Å². The zero-order valence-electron chi connectivity index (χ0n) is 11.7. The molecule has 1 unspecified atom stereocenters. The maximum atomic E-state index is 13.8. The molecule has 7 heteroatoms. The van der Waals surface area contributed by atoms with E-state index in [4.69, 9.17) is 16.3 Å². The van der Waals surface area contributed by atoms with Crippen LogP contribution in [0.2, 0.25) is 5.28 Å². The van der Waals surface area contributed by atoms with Gasteiger partial charge in [0.2, 0.25) is 5.28 Å². The Kier molecular flexibility index (Phi) is 3.97. The van der Waals surface area contributed by atoms with E-state index in [1.54, 1.807) is 0 Å². The van der Waals surface area contributed by atoms with E-state index in [0.29, 0.717) is 11.8 Å². The summed E-state index contributed by atoms with van der Waals surface area (Å²) in [6, 6.07) is -0.162. The molecule has 0 radical (unpaired) electrons. The third kappa shape index (κ3) is 2.69. The Labute approximate surface area is 127 Å². The predicted molar refractivity (Wildman–Crippen MR) is 75.4 cm³/mol. The largest absolute Gasteiger partial charge is 0.469 e. The standard InChI is InChI=1S/C14H17ClFN3O2/c1-21-13(20)10-7-2-4-8(5-3-7)11(10)18-12-9(16)6-17-14(15)19-12/h6-8,10-11H,2-5H2,1H3,(H,17,18,19)/t7?,8?,10-,11?/m0/s1. The quantitative estimate of drug-likeness (QED) is 0.686. The summed E-state index contributed by atoms with van der Waals surface area (Å²) in [6.07, 6.45) is 5.16. The minimum atomic E-state index is -0.565. The maximum Gasteiger partial charge on any atom is 0.311 e. The molecule has 2 bridgehead atoms. The van der Waals surface area contributed by atoms with Crippen molar-refractivity contribution in [3.05, 3.63) is 17.3 Å². The lowest BCUT2D eigenvalue weighted by atomic mass is 9.61. The Morgan fingerprint density at radius 1 is 1.38 bits per heavy atom. The smallest absolute Gasteiger partial charge is 0.311 e. The zero-order chi connectivity index (χ0) is 15.0. The summed E-state index contributed by atoms with van der Waals surface area (Å²) in [5.41, 5.74) is 0. The fourth-order valence-electron chi connectivity index (χ4n) is 3.74. The average Bonchev–Trinajstić information content (AvgIpc) is 2.51. The van der Waals surface area contributed by atoms with Crippen molar-refractivity contribution in [1.29, 1.82) is 0 Å². The molecule has 114 valence electrons. The van der Waals surface area contributed by atoms with Gasteiger partial charge in [-0.25, -0.2) is 9.37 Å². The van der Waals surface area contributed by atoms with Gasteiger partial charge in [-0.1, -0.05) is 0 Å². The summed E-state index contributed by atoms with van der Waals surface area (Å²) in [7, 11) is 1.39. The molecule has 0 spiro atoms. The van der Waals surface area contributed by atoms with E-state index in [9.17, 15) is 9.18 Å². The number of carbonyl (C=O) groups is 1. The maximum absolute atomic E-state index is 13.8. The summed E-state index contributed by atoms with van der Waals surface area (Å²) in [4.78, 5) is 19.6. The predicted octanol–water partition coefficient (Wildman–Crippen LogP) is 2.66. The number of nitrogens with zero attached hydrogens (tertiary/aromatic N) is 2. The van der Waals surface area contributed by atoms with Gasteiger partial charge in [0.05, 0.1) is 19.2 Å². The number of halogens is 2. The van der Waals surface area contributed by atoms with Gasteiger partial charge >= 0.3 is 5.97 Å². The fraction of sp³-hybridized carbons (Fsp3) is 0.643. The van der Waals surface area contributed by atoms with Crippen LogP contribution < -0.4 is 5.32 Å².